The lowest BCUT2D eigenvalue weighted by atomic mass is 10.1. The third-order valence-corrected chi connectivity index (χ3v) is 4.87. The Morgan fingerprint density at radius 3 is 2.74 bits per heavy atom. The standard InChI is InChI=1S/C18H17FN4O4/c1-20-10-6-22(7-10)15-5-14-9(4-13(15)19)3-11-16(24)12(18(25)26)8-23(27-2)17(11)21-14/h3-5,8,10,20H,6-7H2,1-2H3,(H,25,26). The first-order chi connectivity index (χ1) is 12.9. The Morgan fingerprint density at radius 1 is 1.37 bits per heavy atom. The Hall–Kier alpha value is -3.20. The van der Waals surface area contributed by atoms with Crippen molar-refractivity contribution >= 4 is 33.6 Å². The van der Waals surface area contributed by atoms with E-state index in [4.69, 9.17) is 4.84 Å². The zero-order chi connectivity index (χ0) is 19.3. The molecule has 27 heavy (non-hydrogen) atoms. The van der Waals surface area contributed by atoms with E-state index in [0.717, 1.165) is 10.9 Å². The van der Waals surface area contributed by atoms with Crippen LogP contribution in [0.15, 0.2) is 29.2 Å². The number of halogens is 1. The first-order valence-electron chi connectivity index (χ1n) is 8.32. The van der Waals surface area contributed by atoms with E-state index in [1.807, 2.05) is 11.9 Å². The predicted molar refractivity (Wildman–Crippen MR) is 98.0 cm³/mol. The van der Waals surface area contributed by atoms with Gasteiger partial charge in [0.15, 0.2) is 5.65 Å². The number of carboxylic acids is 1. The average Bonchev–Trinajstić information content (AvgIpc) is 2.60. The number of fused-ring (bicyclic) bond motifs is 2. The van der Waals surface area contributed by atoms with Crippen LogP contribution in [0.2, 0.25) is 0 Å². The lowest BCUT2D eigenvalue weighted by Crippen LogP contribution is -2.57. The Balaban J connectivity index is 1.93. The van der Waals surface area contributed by atoms with Gasteiger partial charge in [0.1, 0.15) is 18.5 Å². The van der Waals surface area contributed by atoms with Crippen molar-refractivity contribution in [1.82, 2.24) is 15.0 Å². The summed E-state index contributed by atoms with van der Waals surface area (Å²) in [6.45, 7) is 1.38. The molecule has 0 unspecified atom stereocenters. The minimum atomic E-state index is -1.37. The van der Waals surface area contributed by atoms with Gasteiger partial charge >= 0.3 is 5.97 Å². The van der Waals surface area contributed by atoms with E-state index in [-0.39, 0.29) is 11.0 Å². The number of carbonyl (C=O) groups is 1. The average molecular weight is 372 g/mol. The van der Waals surface area contributed by atoms with Gasteiger partial charge in [-0.15, -0.1) is 0 Å². The molecule has 2 N–H and O–H groups in total. The van der Waals surface area contributed by atoms with E-state index in [9.17, 15) is 19.1 Å². The van der Waals surface area contributed by atoms with Crippen LogP contribution in [0, 0.1) is 5.82 Å². The van der Waals surface area contributed by atoms with Gasteiger partial charge in [0.25, 0.3) is 0 Å². The molecule has 0 amide bonds. The Morgan fingerprint density at radius 2 is 2.11 bits per heavy atom. The maximum atomic E-state index is 14.6. The van der Waals surface area contributed by atoms with Gasteiger partial charge < -0.3 is 20.2 Å². The monoisotopic (exact) mass is 372 g/mol. The second-order valence-corrected chi connectivity index (χ2v) is 6.43. The summed E-state index contributed by atoms with van der Waals surface area (Å²) in [4.78, 5) is 35.2. The van der Waals surface area contributed by atoms with Crippen LogP contribution in [0.1, 0.15) is 10.4 Å². The fourth-order valence-electron chi connectivity index (χ4n) is 3.28. The number of likely N-dealkylation sites (N-methyl/N-ethyl adjacent to an activating group) is 1. The van der Waals surface area contributed by atoms with Crippen LogP contribution >= 0.6 is 0 Å². The lowest BCUT2D eigenvalue weighted by Gasteiger charge is -2.41. The number of hydrogen-bond acceptors (Lipinski definition) is 6. The maximum absolute atomic E-state index is 14.6. The summed E-state index contributed by atoms with van der Waals surface area (Å²) in [5, 5.41) is 12.8. The number of carboxylic acid groups (broad SMARTS) is 1. The molecule has 1 aliphatic heterocycles. The van der Waals surface area contributed by atoms with Crippen molar-refractivity contribution in [1.29, 1.82) is 0 Å². The fourth-order valence-corrected chi connectivity index (χ4v) is 3.28. The SMILES string of the molecule is CNC1CN(c2cc3nc4c(cc3cc2F)c(=O)c(C(=O)O)cn4OC)C1. The molecule has 0 saturated carbocycles. The third-order valence-electron chi connectivity index (χ3n) is 4.87. The van der Waals surface area contributed by atoms with Gasteiger partial charge in [-0.2, -0.15) is 4.73 Å². The zero-order valence-corrected chi connectivity index (χ0v) is 14.7. The lowest BCUT2D eigenvalue weighted by molar-refractivity contribution is 0.0691. The van der Waals surface area contributed by atoms with Gasteiger partial charge in [-0.3, -0.25) is 4.79 Å². The van der Waals surface area contributed by atoms with Crippen molar-refractivity contribution in [3.63, 3.8) is 0 Å². The van der Waals surface area contributed by atoms with Crippen LogP contribution in [0.25, 0.3) is 21.9 Å². The maximum Gasteiger partial charge on any atom is 0.341 e. The van der Waals surface area contributed by atoms with Gasteiger partial charge in [0.2, 0.25) is 5.43 Å². The van der Waals surface area contributed by atoms with Gasteiger partial charge in [-0.1, -0.05) is 0 Å². The van der Waals surface area contributed by atoms with Crippen molar-refractivity contribution < 1.29 is 19.1 Å². The third kappa shape index (κ3) is 2.67. The summed E-state index contributed by atoms with van der Waals surface area (Å²) < 4.78 is 15.7. The van der Waals surface area contributed by atoms with E-state index < -0.39 is 22.8 Å². The summed E-state index contributed by atoms with van der Waals surface area (Å²) in [7, 11) is 3.21. The minimum absolute atomic E-state index is 0.0515. The smallest absolute Gasteiger partial charge is 0.341 e. The molecule has 0 radical (unpaired) electrons. The fraction of sp³-hybridized carbons (Fsp3) is 0.278. The topological polar surface area (TPSA) is 96.7 Å². The highest BCUT2D eigenvalue weighted by atomic mass is 19.1. The highest BCUT2D eigenvalue weighted by molar-refractivity contribution is 5.96. The summed E-state index contributed by atoms with van der Waals surface area (Å²) in [5.41, 5.74) is -0.0331. The molecule has 1 fully saturated rings. The molecule has 140 valence electrons. The van der Waals surface area contributed by atoms with Crippen LogP contribution in [-0.4, -0.2) is 54.1 Å². The molecule has 8 nitrogen and oxygen atoms in total. The summed E-state index contributed by atoms with van der Waals surface area (Å²) in [6.07, 6.45) is 1.09. The molecule has 3 heterocycles. The van der Waals surface area contributed by atoms with Crippen LogP contribution in [0.3, 0.4) is 0 Å². The van der Waals surface area contributed by atoms with E-state index in [1.165, 1.54) is 19.2 Å². The Kier molecular flexibility index (Phi) is 3.96. The second kappa shape index (κ2) is 6.20. The molecular formula is C18H17FN4O4. The quantitative estimate of drug-likeness (QED) is 0.656. The van der Waals surface area contributed by atoms with Gasteiger partial charge in [-0.05, 0) is 25.2 Å². The largest absolute Gasteiger partial charge is 0.477 e. The molecule has 4 rings (SSSR count). The summed E-state index contributed by atoms with van der Waals surface area (Å²) in [5.74, 6) is -1.79. The molecule has 2 aromatic heterocycles. The van der Waals surface area contributed by atoms with Crippen LogP contribution < -0.4 is 20.5 Å². The van der Waals surface area contributed by atoms with E-state index in [1.54, 1.807) is 6.07 Å². The highest BCUT2D eigenvalue weighted by Crippen LogP contribution is 2.29. The number of pyridine rings is 2. The van der Waals surface area contributed by atoms with E-state index in [0.29, 0.717) is 35.7 Å². The number of nitrogens with one attached hydrogen (secondary N) is 1. The summed E-state index contributed by atoms with van der Waals surface area (Å²) >= 11 is 0. The van der Waals surface area contributed by atoms with Gasteiger partial charge in [-0.25, -0.2) is 14.2 Å². The van der Waals surface area contributed by atoms with Gasteiger partial charge in [0.05, 0.1) is 22.8 Å². The first-order valence-corrected chi connectivity index (χ1v) is 8.32. The number of aromatic nitrogens is 2. The van der Waals surface area contributed by atoms with Crippen molar-refractivity contribution in [2.24, 2.45) is 0 Å². The number of anilines is 1. The number of hydrogen-bond donors (Lipinski definition) is 2. The van der Waals surface area contributed by atoms with E-state index in [2.05, 4.69) is 10.3 Å². The van der Waals surface area contributed by atoms with Crippen molar-refractivity contribution in [2.45, 2.75) is 6.04 Å². The molecule has 0 aliphatic carbocycles. The normalized spacial score (nSPS) is 14.6. The Labute approximate surface area is 152 Å². The second-order valence-electron chi connectivity index (χ2n) is 6.43. The number of rotatable bonds is 4. The van der Waals surface area contributed by atoms with Crippen LogP contribution in [0.4, 0.5) is 10.1 Å². The number of nitrogens with zero attached hydrogens (tertiary/aromatic N) is 3. The van der Waals surface area contributed by atoms with Crippen molar-refractivity contribution in [2.75, 3.05) is 32.1 Å². The van der Waals surface area contributed by atoms with E-state index >= 15 is 0 Å². The number of aromatic carboxylic acids is 1. The van der Waals surface area contributed by atoms with Crippen LogP contribution in [0.5, 0.6) is 0 Å². The highest BCUT2D eigenvalue weighted by Gasteiger charge is 2.28. The molecule has 1 aliphatic rings. The van der Waals surface area contributed by atoms with Gasteiger partial charge in [0, 0.05) is 24.5 Å². The molecule has 1 saturated heterocycles. The molecule has 0 spiro atoms. The number of benzene rings is 1. The van der Waals surface area contributed by atoms with Crippen LogP contribution in [-0.2, 0) is 0 Å². The molecule has 9 heteroatoms. The zero-order valence-electron chi connectivity index (χ0n) is 14.7. The predicted octanol–water partition coefficient (Wildman–Crippen LogP) is 0.853. The molecule has 0 atom stereocenters. The molecule has 0 bridgehead atoms. The minimum Gasteiger partial charge on any atom is -0.477 e. The molecular weight excluding hydrogens is 355 g/mol. The van der Waals surface area contributed by atoms with Crippen molar-refractivity contribution in [3.05, 3.63) is 46.0 Å². The van der Waals surface area contributed by atoms with Crippen molar-refractivity contribution in [3.8, 4) is 0 Å². The molecule has 3 aromatic rings. The molecule has 1 aromatic carbocycles. The first kappa shape index (κ1) is 17.2. The summed E-state index contributed by atoms with van der Waals surface area (Å²) in [6, 6.07) is 4.71. The Bertz CT molecular complexity index is 1140.